The number of amides is 1. The van der Waals surface area contributed by atoms with Crippen molar-refractivity contribution >= 4 is 15.9 Å². The van der Waals surface area contributed by atoms with Gasteiger partial charge in [-0.05, 0) is 37.1 Å². The Morgan fingerprint density at radius 2 is 1.76 bits per heavy atom. The Morgan fingerprint density at radius 3 is 2.38 bits per heavy atom. The highest BCUT2D eigenvalue weighted by atomic mass is 32.2. The molecule has 2 N–H and O–H groups in total. The lowest BCUT2D eigenvalue weighted by Gasteiger charge is -2.13. The summed E-state index contributed by atoms with van der Waals surface area (Å²) in [6.07, 6.45) is 2.96. The predicted molar refractivity (Wildman–Crippen MR) is 110 cm³/mol. The van der Waals surface area contributed by atoms with Crippen LogP contribution in [0.3, 0.4) is 0 Å². The minimum absolute atomic E-state index is 0.136. The van der Waals surface area contributed by atoms with Crippen molar-refractivity contribution < 1.29 is 17.6 Å². The van der Waals surface area contributed by atoms with E-state index in [4.69, 9.17) is 4.42 Å². The van der Waals surface area contributed by atoms with Gasteiger partial charge in [-0.2, -0.15) is 0 Å². The summed E-state index contributed by atoms with van der Waals surface area (Å²) in [4.78, 5) is 16.4. The third kappa shape index (κ3) is 5.75. The number of carbonyl (C=O) groups is 1. The van der Waals surface area contributed by atoms with Crippen LogP contribution in [0, 0.1) is 0 Å². The van der Waals surface area contributed by atoms with E-state index in [1.807, 2.05) is 12.1 Å². The van der Waals surface area contributed by atoms with Gasteiger partial charge < -0.3 is 9.73 Å². The number of benzene rings is 2. The number of sulfonamides is 1. The Bertz CT molecular complexity index is 1060. The molecule has 0 radical (unpaired) electrons. The van der Waals surface area contributed by atoms with Gasteiger partial charge in [-0.3, -0.25) is 4.79 Å². The van der Waals surface area contributed by atoms with Crippen molar-refractivity contribution in [1.82, 2.24) is 15.0 Å². The van der Waals surface area contributed by atoms with Crippen LogP contribution in [0.4, 0.5) is 0 Å². The van der Waals surface area contributed by atoms with E-state index in [0.29, 0.717) is 16.9 Å². The molecule has 0 atom stereocenters. The van der Waals surface area contributed by atoms with E-state index in [9.17, 15) is 13.2 Å². The fourth-order valence-electron chi connectivity index (χ4n) is 2.90. The molecule has 3 rings (SSSR count). The molecular formula is C21H23N3O4S. The van der Waals surface area contributed by atoms with Gasteiger partial charge in [0.1, 0.15) is 0 Å². The molecule has 0 aliphatic heterocycles. The molecule has 0 saturated carbocycles. The SMILES string of the molecule is CC(C)NS(=O)(=O)Cc1ccccc1CNC(=O)c1ccc(-c2cnco2)cc1. The normalized spacial score (nSPS) is 11.6. The van der Waals surface area contributed by atoms with Crippen LogP contribution in [0.1, 0.15) is 35.3 Å². The molecule has 8 heteroatoms. The summed E-state index contributed by atoms with van der Waals surface area (Å²) in [7, 11) is -3.45. The largest absolute Gasteiger partial charge is 0.444 e. The smallest absolute Gasteiger partial charge is 0.251 e. The Kier molecular flexibility index (Phi) is 6.46. The monoisotopic (exact) mass is 413 g/mol. The maximum atomic E-state index is 12.5. The summed E-state index contributed by atoms with van der Waals surface area (Å²) in [5.74, 6) is 0.248. The molecule has 2 aromatic carbocycles. The van der Waals surface area contributed by atoms with E-state index in [1.165, 1.54) is 6.39 Å². The van der Waals surface area contributed by atoms with E-state index in [2.05, 4.69) is 15.0 Å². The van der Waals surface area contributed by atoms with Gasteiger partial charge in [0, 0.05) is 23.7 Å². The quantitative estimate of drug-likeness (QED) is 0.591. The number of nitrogens with one attached hydrogen (secondary N) is 2. The Hall–Kier alpha value is -2.97. The molecule has 1 aromatic heterocycles. The molecule has 1 heterocycles. The second-order valence-electron chi connectivity index (χ2n) is 6.93. The first-order valence-electron chi connectivity index (χ1n) is 9.18. The second kappa shape index (κ2) is 9.02. The molecule has 0 bridgehead atoms. The average Bonchev–Trinajstić information content (AvgIpc) is 3.20. The average molecular weight is 413 g/mol. The molecule has 0 aliphatic carbocycles. The summed E-state index contributed by atoms with van der Waals surface area (Å²) in [5, 5.41) is 2.85. The van der Waals surface area contributed by atoms with E-state index in [0.717, 1.165) is 11.1 Å². The number of nitrogens with zero attached hydrogens (tertiary/aromatic N) is 1. The zero-order valence-corrected chi connectivity index (χ0v) is 17.1. The van der Waals surface area contributed by atoms with Crippen molar-refractivity contribution in [3.63, 3.8) is 0 Å². The molecule has 1 amide bonds. The summed E-state index contributed by atoms with van der Waals surface area (Å²) >= 11 is 0. The van der Waals surface area contributed by atoms with Crippen LogP contribution in [0.25, 0.3) is 11.3 Å². The van der Waals surface area contributed by atoms with Crippen LogP contribution in [0.2, 0.25) is 0 Å². The minimum Gasteiger partial charge on any atom is -0.444 e. The van der Waals surface area contributed by atoms with Gasteiger partial charge in [-0.1, -0.05) is 36.4 Å². The van der Waals surface area contributed by atoms with Gasteiger partial charge >= 0.3 is 0 Å². The Labute approximate surface area is 170 Å². The molecule has 152 valence electrons. The maximum Gasteiger partial charge on any atom is 0.251 e. The lowest BCUT2D eigenvalue weighted by atomic mass is 10.1. The van der Waals surface area contributed by atoms with Crippen LogP contribution in [0.5, 0.6) is 0 Å². The molecule has 0 spiro atoms. The summed E-state index contributed by atoms with van der Waals surface area (Å²) in [6, 6.07) is 14.0. The predicted octanol–water partition coefficient (Wildman–Crippen LogP) is 3.10. The van der Waals surface area contributed by atoms with Crippen molar-refractivity contribution in [3.05, 3.63) is 77.8 Å². The lowest BCUT2D eigenvalue weighted by Crippen LogP contribution is -2.31. The van der Waals surface area contributed by atoms with Gasteiger partial charge in [0.25, 0.3) is 5.91 Å². The van der Waals surface area contributed by atoms with Gasteiger partial charge in [0.05, 0.1) is 11.9 Å². The van der Waals surface area contributed by atoms with Crippen LogP contribution >= 0.6 is 0 Å². The summed E-state index contributed by atoms with van der Waals surface area (Å²) in [5.41, 5.74) is 2.74. The van der Waals surface area contributed by atoms with Crippen molar-refractivity contribution in [2.75, 3.05) is 0 Å². The number of oxazole rings is 1. The number of hydrogen-bond acceptors (Lipinski definition) is 5. The van der Waals surface area contributed by atoms with Crippen LogP contribution in [0.15, 0.2) is 65.5 Å². The summed E-state index contributed by atoms with van der Waals surface area (Å²) < 4.78 is 32.3. The highest BCUT2D eigenvalue weighted by Crippen LogP contribution is 2.19. The van der Waals surface area contributed by atoms with Crippen molar-refractivity contribution in [2.24, 2.45) is 0 Å². The highest BCUT2D eigenvalue weighted by Gasteiger charge is 2.16. The van der Waals surface area contributed by atoms with E-state index in [1.54, 1.807) is 56.4 Å². The summed E-state index contributed by atoms with van der Waals surface area (Å²) in [6.45, 7) is 3.78. The molecular weight excluding hydrogens is 390 g/mol. The second-order valence-corrected chi connectivity index (χ2v) is 8.68. The van der Waals surface area contributed by atoms with E-state index < -0.39 is 10.0 Å². The van der Waals surface area contributed by atoms with Crippen LogP contribution in [-0.2, 0) is 22.3 Å². The highest BCUT2D eigenvalue weighted by molar-refractivity contribution is 7.88. The third-order valence-corrected chi connectivity index (χ3v) is 5.70. The van der Waals surface area contributed by atoms with Crippen molar-refractivity contribution in [1.29, 1.82) is 0 Å². The first kappa shape index (κ1) is 20.8. The Morgan fingerprint density at radius 1 is 1.07 bits per heavy atom. The molecule has 0 fully saturated rings. The standard InChI is InChI=1S/C21H23N3O4S/c1-15(2)24-29(26,27)13-19-6-4-3-5-18(19)11-23-21(25)17-9-7-16(8-10-17)20-12-22-14-28-20/h3-10,12,14-15,24H,11,13H2,1-2H3,(H,23,25). The van der Waals surface area contributed by atoms with E-state index in [-0.39, 0.29) is 24.2 Å². The van der Waals surface area contributed by atoms with Gasteiger partial charge in [-0.15, -0.1) is 0 Å². The molecule has 0 aliphatic rings. The first-order valence-corrected chi connectivity index (χ1v) is 10.8. The van der Waals surface area contributed by atoms with E-state index >= 15 is 0 Å². The van der Waals surface area contributed by atoms with Crippen molar-refractivity contribution in [2.45, 2.75) is 32.2 Å². The lowest BCUT2D eigenvalue weighted by molar-refractivity contribution is 0.0951. The van der Waals surface area contributed by atoms with Gasteiger partial charge in [0.2, 0.25) is 10.0 Å². The zero-order chi connectivity index (χ0) is 20.9. The van der Waals surface area contributed by atoms with Gasteiger partial charge in [0.15, 0.2) is 12.2 Å². The fraction of sp³-hybridized carbons (Fsp3) is 0.238. The van der Waals surface area contributed by atoms with Crippen molar-refractivity contribution in [3.8, 4) is 11.3 Å². The topological polar surface area (TPSA) is 101 Å². The molecule has 0 saturated heterocycles. The third-order valence-electron chi connectivity index (χ3n) is 4.18. The molecule has 29 heavy (non-hydrogen) atoms. The number of aromatic nitrogens is 1. The molecule has 7 nitrogen and oxygen atoms in total. The molecule has 0 unspecified atom stereocenters. The fourth-order valence-corrected chi connectivity index (χ4v) is 4.39. The van der Waals surface area contributed by atoms with Crippen LogP contribution < -0.4 is 10.0 Å². The zero-order valence-electron chi connectivity index (χ0n) is 16.3. The maximum absolute atomic E-state index is 12.5. The van der Waals surface area contributed by atoms with Crippen LogP contribution in [-0.4, -0.2) is 25.4 Å². The van der Waals surface area contributed by atoms with Gasteiger partial charge in [-0.25, -0.2) is 18.1 Å². The minimum atomic E-state index is -3.45. The first-order chi connectivity index (χ1) is 13.8. The number of hydrogen-bond donors (Lipinski definition) is 2. The number of rotatable bonds is 8. The number of carbonyl (C=O) groups excluding carboxylic acids is 1. The molecule has 3 aromatic rings. The Balaban J connectivity index is 1.66.